The summed E-state index contributed by atoms with van der Waals surface area (Å²) in [6.45, 7) is 3.94. The van der Waals surface area contributed by atoms with Crippen LogP contribution < -0.4 is 0 Å². The van der Waals surface area contributed by atoms with Crippen molar-refractivity contribution >= 4 is 29.8 Å². The summed E-state index contributed by atoms with van der Waals surface area (Å²) < 4.78 is 39.0. The predicted octanol–water partition coefficient (Wildman–Crippen LogP) is 0.654. The Hall–Kier alpha value is -4.37. The Morgan fingerprint density at radius 3 is 2.17 bits per heavy atom. The van der Waals surface area contributed by atoms with E-state index in [-0.39, 0.29) is 13.2 Å². The van der Waals surface area contributed by atoms with Gasteiger partial charge >= 0.3 is 29.8 Å². The zero-order valence-electron chi connectivity index (χ0n) is 22.4. The number of nitrogens with zero attached hydrogens (tertiary/aromatic N) is 3. The van der Waals surface area contributed by atoms with Gasteiger partial charge in [-0.25, -0.2) is 9.48 Å². The largest absolute Gasteiger partial charge is 0.465 e. The molecule has 0 saturated carbocycles. The molecule has 0 spiro atoms. The van der Waals surface area contributed by atoms with Gasteiger partial charge < -0.3 is 33.2 Å². The molecule has 40 heavy (non-hydrogen) atoms. The SMILES string of the molecule is COC(=O)c1cccc(-n2cc(CO[C@H]3O[C@H](COC(C)=O)[C@@H](OC(C)=O)[C@H](OC(C)=O)[C@@H]3OC(C)=O)nn2)c1. The van der Waals surface area contributed by atoms with Crippen LogP contribution in [0.3, 0.4) is 0 Å². The van der Waals surface area contributed by atoms with Gasteiger partial charge in [0.15, 0.2) is 24.6 Å². The summed E-state index contributed by atoms with van der Waals surface area (Å²) in [6.07, 6.45) is -5.01. The maximum absolute atomic E-state index is 11.9. The number of methoxy groups -OCH3 is 1. The van der Waals surface area contributed by atoms with Gasteiger partial charge in [-0.15, -0.1) is 5.10 Å². The molecule has 0 N–H and O–H groups in total. The number of carbonyl (C=O) groups excluding carboxylic acids is 5. The van der Waals surface area contributed by atoms with Gasteiger partial charge in [-0.3, -0.25) is 19.2 Å². The van der Waals surface area contributed by atoms with Crippen molar-refractivity contribution in [2.24, 2.45) is 0 Å². The van der Waals surface area contributed by atoms with Gasteiger partial charge in [0.05, 0.1) is 31.2 Å². The van der Waals surface area contributed by atoms with Crippen LogP contribution in [0.25, 0.3) is 5.69 Å². The lowest BCUT2D eigenvalue weighted by molar-refractivity contribution is -0.310. The number of esters is 5. The van der Waals surface area contributed by atoms with Crippen LogP contribution in [0, 0.1) is 0 Å². The Morgan fingerprint density at radius 1 is 0.900 bits per heavy atom. The van der Waals surface area contributed by atoms with Crippen LogP contribution in [0.4, 0.5) is 0 Å². The number of benzene rings is 1. The molecule has 2 aromatic rings. The van der Waals surface area contributed by atoms with E-state index in [1.165, 1.54) is 24.9 Å². The number of carbonyl (C=O) groups is 5. The molecular formula is C25H29N3O12. The molecule has 5 atom stereocenters. The van der Waals surface area contributed by atoms with Gasteiger partial charge in [0.1, 0.15) is 18.4 Å². The minimum atomic E-state index is -1.37. The molecule has 0 amide bonds. The zero-order valence-corrected chi connectivity index (χ0v) is 22.4. The summed E-state index contributed by atoms with van der Waals surface area (Å²) in [7, 11) is 1.27. The van der Waals surface area contributed by atoms with Gasteiger partial charge in [0.2, 0.25) is 0 Å². The van der Waals surface area contributed by atoms with Crippen LogP contribution in [0.15, 0.2) is 30.5 Å². The van der Waals surface area contributed by atoms with Crippen molar-refractivity contribution < 1.29 is 57.1 Å². The summed E-state index contributed by atoms with van der Waals surface area (Å²) in [5, 5.41) is 8.07. The molecule has 1 aliphatic heterocycles. The van der Waals surface area contributed by atoms with Crippen molar-refractivity contribution in [3.05, 3.63) is 41.7 Å². The lowest BCUT2D eigenvalue weighted by Gasteiger charge is -2.43. The van der Waals surface area contributed by atoms with E-state index < -0.39 is 60.6 Å². The minimum absolute atomic E-state index is 0.218. The van der Waals surface area contributed by atoms with Crippen LogP contribution in [-0.2, 0) is 58.9 Å². The quantitative estimate of drug-likeness (QED) is 0.290. The highest BCUT2D eigenvalue weighted by atomic mass is 16.7. The Balaban J connectivity index is 1.85. The molecule has 216 valence electrons. The van der Waals surface area contributed by atoms with Crippen molar-refractivity contribution in [1.29, 1.82) is 0 Å². The molecule has 15 heteroatoms. The van der Waals surface area contributed by atoms with E-state index in [9.17, 15) is 24.0 Å². The summed E-state index contributed by atoms with van der Waals surface area (Å²) in [4.78, 5) is 59.0. The first kappa shape index (κ1) is 30.2. The number of hydrogen-bond acceptors (Lipinski definition) is 14. The van der Waals surface area contributed by atoms with E-state index in [4.69, 9.17) is 33.2 Å². The van der Waals surface area contributed by atoms with Gasteiger partial charge in [-0.2, -0.15) is 0 Å². The fourth-order valence-electron chi connectivity index (χ4n) is 3.87. The lowest BCUT2D eigenvalue weighted by Crippen LogP contribution is -2.62. The third-order valence-corrected chi connectivity index (χ3v) is 5.42. The third kappa shape index (κ3) is 8.07. The maximum atomic E-state index is 11.9. The van der Waals surface area contributed by atoms with Gasteiger partial charge in [0, 0.05) is 27.7 Å². The van der Waals surface area contributed by atoms with Crippen LogP contribution >= 0.6 is 0 Å². The number of rotatable bonds is 10. The Bertz CT molecular complexity index is 1250. The van der Waals surface area contributed by atoms with Crippen LogP contribution in [0.2, 0.25) is 0 Å². The van der Waals surface area contributed by atoms with E-state index in [1.807, 2.05) is 0 Å². The summed E-state index contributed by atoms with van der Waals surface area (Å²) in [5.74, 6) is -3.41. The minimum Gasteiger partial charge on any atom is -0.465 e. The zero-order chi connectivity index (χ0) is 29.4. The fourth-order valence-corrected chi connectivity index (χ4v) is 3.87. The van der Waals surface area contributed by atoms with Gasteiger partial charge in [-0.05, 0) is 18.2 Å². The summed E-state index contributed by atoms with van der Waals surface area (Å²) in [6, 6.07) is 6.49. The van der Waals surface area contributed by atoms with E-state index in [0.29, 0.717) is 16.9 Å². The molecule has 3 rings (SSSR count). The first-order chi connectivity index (χ1) is 19.0. The molecule has 0 unspecified atom stereocenters. The Morgan fingerprint density at radius 2 is 1.55 bits per heavy atom. The van der Waals surface area contributed by atoms with E-state index in [1.54, 1.807) is 24.3 Å². The first-order valence-corrected chi connectivity index (χ1v) is 12.0. The fraction of sp³-hybridized carbons (Fsp3) is 0.480. The van der Waals surface area contributed by atoms with Crippen molar-refractivity contribution in [2.45, 2.75) is 65.0 Å². The molecule has 0 aliphatic carbocycles. The first-order valence-electron chi connectivity index (χ1n) is 12.0. The predicted molar refractivity (Wildman–Crippen MR) is 129 cm³/mol. The van der Waals surface area contributed by atoms with Crippen LogP contribution in [-0.4, -0.2) is 89.3 Å². The standard InChI is InChI=1S/C25H29N3O12/c1-13(29)35-12-20-21(37-14(2)30)22(38-15(3)31)23(39-16(4)32)25(40-20)36-11-18-10-28(27-26-18)19-8-6-7-17(9-19)24(33)34-5/h6-10,20-23,25H,11-12H2,1-5H3/t20-,21-,22+,23+,25+/m1/s1. The lowest BCUT2D eigenvalue weighted by atomic mass is 9.98. The van der Waals surface area contributed by atoms with Crippen molar-refractivity contribution in [1.82, 2.24) is 15.0 Å². The monoisotopic (exact) mass is 563 g/mol. The van der Waals surface area contributed by atoms with E-state index >= 15 is 0 Å². The maximum Gasteiger partial charge on any atom is 0.337 e. The van der Waals surface area contributed by atoms with Crippen molar-refractivity contribution in [2.75, 3.05) is 13.7 Å². The molecular weight excluding hydrogens is 534 g/mol. The highest BCUT2D eigenvalue weighted by Crippen LogP contribution is 2.30. The molecule has 0 radical (unpaired) electrons. The van der Waals surface area contributed by atoms with Crippen molar-refractivity contribution in [3.8, 4) is 5.69 Å². The van der Waals surface area contributed by atoms with Gasteiger partial charge in [-0.1, -0.05) is 11.3 Å². The van der Waals surface area contributed by atoms with E-state index in [0.717, 1.165) is 20.8 Å². The number of aromatic nitrogens is 3. The molecule has 0 bridgehead atoms. The Labute approximate surface area is 228 Å². The second-order valence-corrected chi connectivity index (χ2v) is 8.58. The number of hydrogen-bond donors (Lipinski definition) is 0. The average molecular weight is 564 g/mol. The second-order valence-electron chi connectivity index (χ2n) is 8.58. The second kappa shape index (κ2) is 13.6. The van der Waals surface area contributed by atoms with E-state index in [2.05, 4.69) is 10.3 Å². The molecule has 1 aromatic carbocycles. The molecule has 2 heterocycles. The molecule has 1 aliphatic rings. The highest BCUT2D eigenvalue weighted by molar-refractivity contribution is 5.89. The molecule has 1 saturated heterocycles. The normalized spacial score (nSPS) is 22.1. The summed E-state index contributed by atoms with van der Waals surface area (Å²) >= 11 is 0. The van der Waals surface area contributed by atoms with Crippen LogP contribution in [0.5, 0.6) is 0 Å². The summed E-state index contributed by atoms with van der Waals surface area (Å²) in [5.41, 5.74) is 1.15. The Kier molecular flexibility index (Phi) is 10.3. The van der Waals surface area contributed by atoms with Gasteiger partial charge in [0.25, 0.3) is 0 Å². The highest BCUT2D eigenvalue weighted by Gasteiger charge is 2.52. The topological polar surface area (TPSA) is 181 Å². The van der Waals surface area contributed by atoms with Crippen LogP contribution in [0.1, 0.15) is 43.7 Å². The molecule has 1 fully saturated rings. The molecule has 15 nitrogen and oxygen atoms in total. The van der Waals surface area contributed by atoms with Crippen molar-refractivity contribution in [3.63, 3.8) is 0 Å². The third-order valence-electron chi connectivity index (χ3n) is 5.42. The molecule has 1 aromatic heterocycles. The smallest absolute Gasteiger partial charge is 0.337 e. The number of ether oxygens (including phenoxy) is 7. The average Bonchev–Trinajstić information content (AvgIpc) is 3.37.